The van der Waals surface area contributed by atoms with E-state index in [2.05, 4.69) is 36.5 Å². The lowest BCUT2D eigenvalue weighted by atomic mass is 9.72. The molecule has 2 aromatic carbocycles. The summed E-state index contributed by atoms with van der Waals surface area (Å²) in [6.07, 6.45) is 2.26. The highest BCUT2D eigenvalue weighted by atomic mass is 16.5. The molecule has 0 aromatic heterocycles. The van der Waals surface area contributed by atoms with Crippen molar-refractivity contribution in [3.8, 4) is 5.75 Å². The van der Waals surface area contributed by atoms with Gasteiger partial charge < -0.3 is 10.1 Å². The van der Waals surface area contributed by atoms with E-state index in [9.17, 15) is 0 Å². The lowest BCUT2D eigenvalue weighted by molar-refractivity contribution is 0.223. The van der Waals surface area contributed by atoms with Crippen LogP contribution in [-0.4, -0.2) is 19.7 Å². The normalized spacial score (nSPS) is 16.2. The number of ether oxygens (including phenoxy) is 1. The van der Waals surface area contributed by atoms with Gasteiger partial charge in [-0.25, -0.2) is 0 Å². The molecule has 1 aliphatic heterocycles. The van der Waals surface area contributed by atoms with Gasteiger partial charge in [0.1, 0.15) is 5.75 Å². The molecule has 21 heavy (non-hydrogen) atoms. The molecular weight excluding hydrogens is 258 g/mol. The van der Waals surface area contributed by atoms with Crippen LogP contribution in [0, 0.1) is 6.92 Å². The van der Waals surface area contributed by atoms with Gasteiger partial charge in [-0.15, -0.1) is 0 Å². The second-order valence-electron chi connectivity index (χ2n) is 6.01. The van der Waals surface area contributed by atoms with Gasteiger partial charge in [0.25, 0.3) is 0 Å². The van der Waals surface area contributed by atoms with E-state index in [1.165, 1.54) is 17.5 Å². The number of nitrogens with one attached hydrogen (secondary N) is 1. The molecule has 1 aliphatic rings. The summed E-state index contributed by atoms with van der Waals surface area (Å²) in [5, 5.41) is 3.43. The minimum absolute atomic E-state index is 0.313. The predicted octanol–water partition coefficient (Wildman–Crippen LogP) is 3.70. The summed E-state index contributed by atoms with van der Waals surface area (Å²) in [6.45, 7) is 5.10. The van der Waals surface area contributed by atoms with Crippen LogP contribution in [0.3, 0.4) is 0 Å². The fourth-order valence-electron chi connectivity index (χ4n) is 2.98. The zero-order valence-corrected chi connectivity index (χ0v) is 12.6. The molecule has 0 spiro atoms. The van der Waals surface area contributed by atoms with Crippen molar-refractivity contribution in [2.24, 2.45) is 0 Å². The first-order valence-corrected chi connectivity index (χ1v) is 7.74. The van der Waals surface area contributed by atoms with Crippen LogP contribution in [0.4, 0.5) is 0 Å². The summed E-state index contributed by atoms with van der Waals surface area (Å²) in [7, 11) is 0. The highest BCUT2D eigenvalue weighted by Crippen LogP contribution is 2.33. The van der Waals surface area contributed by atoms with Gasteiger partial charge in [-0.05, 0) is 37.5 Å². The van der Waals surface area contributed by atoms with Crippen molar-refractivity contribution in [3.05, 3.63) is 65.7 Å². The highest BCUT2D eigenvalue weighted by Gasteiger charge is 2.37. The molecule has 1 fully saturated rings. The molecule has 1 N–H and O–H groups in total. The van der Waals surface area contributed by atoms with E-state index in [-0.39, 0.29) is 0 Å². The molecule has 0 unspecified atom stereocenters. The van der Waals surface area contributed by atoms with Gasteiger partial charge in [-0.3, -0.25) is 0 Å². The molecule has 110 valence electrons. The summed E-state index contributed by atoms with van der Waals surface area (Å²) in [5.74, 6) is 0.966. The van der Waals surface area contributed by atoms with Crippen LogP contribution in [0.2, 0.25) is 0 Å². The smallest absolute Gasteiger partial charge is 0.119 e. The van der Waals surface area contributed by atoms with E-state index in [4.69, 9.17) is 4.74 Å². The first-order valence-electron chi connectivity index (χ1n) is 7.74. The Labute approximate surface area is 127 Å². The van der Waals surface area contributed by atoms with Gasteiger partial charge in [0.2, 0.25) is 0 Å². The second kappa shape index (κ2) is 6.31. The Morgan fingerprint density at radius 3 is 2.33 bits per heavy atom. The topological polar surface area (TPSA) is 21.3 Å². The number of para-hydroxylation sites is 1. The van der Waals surface area contributed by atoms with Gasteiger partial charge in [-0.1, -0.05) is 48.0 Å². The van der Waals surface area contributed by atoms with E-state index in [1.54, 1.807) is 0 Å². The standard InChI is InChI=1S/C19H23NO/c1-16-8-10-17(11-9-16)19(14-20-15-19)12-5-13-21-18-6-3-2-4-7-18/h2-4,6-11,20H,5,12-15H2,1H3. The molecule has 2 aromatic rings. The summed E-state index contributed by atoms with van der Waals surface area (Å²) in [6, 6.07) is 19.1. The molecule has 1 heterocycles. The van der Waals surface area contributed by atoms with E-state index >= 15 is 0 Å². The van der Waals surface area contributed by atoms with Crippen LogP contribution >= 0.6 is 0 Å². The van der Waals surface area contributed by atoms with Crippen LogP contribution in [0.1, 0.15) is 24.0 Å². The van der Waals surface area contributed by atoms with Crippen molar-refractivity contribution in [2.75, 3.05) is 19.7 Å². The Balaban J connectivity index is 1.54. The number of rotatable bonds is 6. The summed E-state index contributed by atoms with van der Waals surface area (Å²) >= 11 is 0. The lowest BCUT2D eigenvalue weighted by Gasteiger charge is -2.43. The van der Waals surface area contributed by atoms with Crippen molar-refractivity contribution < 1.29 is 4.74 Å². The molecule has 3 rings (SSSR count). The zero-order chi connectivity index (χ0) is 14.5. The maximum absolute atomic E-state index is 5.80. The summed E-state index contributed by atoms with van der Waals surface area (Å²) < 4.78 is 5.80. The number of hydrogen-bond donors (Lipinski definition) is 1. The second-order valence-corrected chi connectivity index (χ2v) is 6.01. The highest BCUT2D eigenvalue weighted by molar-refractivity contribution is 5.32. The Bertz CT molecular complexity index is 558. The van der Waals surface area contributed by atoms with Gasteiger partial charge in [0.15, 0.2) is 0 Å². The van der Waals surface area contributed by atoms with Crippen LogP contribution in [-0.2, 0) is 5.41 Å². The SMILES string of the molecule is Cc1ccc(C2(CCCOc3ccccc3)CNC2)cc1. The Kier molecular flexibility index (Phi) is 4.26. The molecule has 0 saturated carbocycles. The quantitative estimate of drug-likeness (QED) is 0.815. The minimum atomic E-state index is 0.313. The molecule has 2 nitrogen and oxygen atoms in total. The van der Waals surface area contributed by atoms with Crippen LogP contribution in [0.5, 0.6) is 5.75 Å². The molecule has 0 atom stereocenters. The maximum atomic E-state index is 5.80. The average Bonchev–Trinajstić information content (AvgIpc) is 2.48. The van der Waals surface area contributed by atoms with Crippen molar-refractivity contribution in [2.45, 2.75) is 25.2 Å². The van der Waals surface area contributed by atoms with Gasteiger partial charge >= 0.3 is 0 Å². The first-order chi connectivity index (χ1) is 10.3. The van der Waals surface area contributed by atoms with Crippen molar-refractivity contribution in [1.82, 2.24) is 5.32 Å². The van der Waals surface area contributed by atoms with Gasteiger partial charge in [0.05, 0.1) is 6.61 Å². The molecule has 0 bridgehead atoms. The number of aryl methyl sites for hydroxylation is 1. The fraction of sp³-hybridized carbons (Fsp3) is 0.368. The third-order valence-electron chi connectivity index (χ3n) is 4.40. The zero-order valence-electron chi connectivity index (χ0n) is 12.6. The molecule has 0 amide bonds. The van der Waals surface area contributed by atoms with Crippen molar-refractivity contribution >= 4 is 0 Å². The van der Waals surface area contributed by atoms with Crippen LogP contribution in [0.25, 0.3) is 0 Å². The Morgan fingerprint density at radius 1 is 1.00 bits per heavy atom. The van der Waals surface area contributed by atoms with Crippen LogP contribution in [0.15, 0.2) is 54.6 Å². The van der Waals surface area contributed by atoms with E-state index in [0.29, 0.717) is 5.41 Å². The number of hydrogen-bond acceptors (Lipinski definition) is 2. The predicted molar refractivity (Wildman–Crippen MR) is 86.9 cm³/mol. The number of benzene rings is 2. The molecular formula is C19H23NO. The van der Waals surface area contributed by atoms with E-state index in [0.717, 1.165) is 31.9 Å². The lowest BCUT2D eigenvalue weighted by Crippen LogP contribution is -2.56. The first kappa shape index (κ1) is 14.2. The summed E-state index contributed by atoms with van der Waals surface area (Å²) in [5.41, 5.74) is 3.11. The third-order valence-corrected chi connectivity index (χ3v) is 4.40. The average molecular weight is 281 g/mol. The molecule has 2 heteroatoms. The monoisotopic (exact) mass is 281 g/mol. The minimum Gasteiger partial charge on any atom is -0.494 e. The molecule has 1 saturated heterocycles. The Morgan fingerprint density at radius 2 is 1.71 bits per heavy atom. The van der Waals surface area contributed by atoms with Gasteiger partial charge in [-0.2, -0.15) is 0 Å². The summed E-state index contributed by atoms with van der Waals surface area (Å²) in [4.78, 5) is 0. The third kappa shape index (κ3) is 3.27. The van der Waals surface area contributed by atoms with E-state index < -0.39 is 0 Å². The maximum Gasteiger partial charge on any atom is 0.119 e. The fourth-order valence-corrected chi connectivity index (χ4v) is 2.98. The largest absolute Gasteiger partial charge is 0.494 e. The van der Waals surface area contributed by atoms with Crippen molar-refractivity contribution in [1.29, 1.82) is 0 Å². The van der Waals surface area contributed by atoms with Gasteiger partial charge in [0, 0.05) is 18.5 Å². The molecule has 0 radical (unpaired) electrons. The van der Waals surface area contributed by atoms with E-state index in [1.807, 2.05) is 30.3 Å². The Hall–Kier alpha value is -1.80. The molecule has 0 aliphatic carbocycles. The van der Waals surface area contributed by atoms with Crippen molar-refractivity contribution in [3.63, 3.8) is 0 Å². The van der Waals surface area contributed by atoms with Crippen LogP contribution < -0.4 is 10.1 Å².